The summed E-state index contributed by atoms with van der Waals surface area (Å²) in [5.41, 5.74) is -1.93. The van der Waals surface area contributed by atoms with Crippen molar-refractivity contribution < 1.29 is 37.4 Å². The number of rotatable bonds is 5. The first kappa shape index (κ1) is 29.1. The van der Waals surface area contributed by atoms with Crippen molar-refractivity contribution in [1.29, 1.82) is 0 Å². The maximum atomic E-state index is 16.2. The van der Waals surface area contributed by atoms with E-state index in [0.29, 0.717) is 16.6 Å². The molecule has 3 unspecified atom stereocenters. The zero-order valence-electron chi connectivity index (χ0n) is 22.6. The molecule has 3 atom stereocenters. The summed E-state index contributed by atoms with van der Waals surface area (Å²) < 4.78 is 55.3. The van der Waals surface area contributed by atoms with E-state index in [1.807, 2.05) is 4.90 Å². The molecule has 2 saturated heterocycles. The van der Waals surface area contributed by atoms with Gasteiger partial charge in [-0.1, -0.05) is 32.0 Å². The Kier molecular flexibility index (Phi) is 7.42. The third kappa shape index (κ3) is 5.22. The number of likely N-dealkylation sites (tertiary alicyclic amines) is 1. The topological polar surface area (TPSA) is 103 Å². The molecular formula is C30H31F4N3O4. The van der Waals surface area contributed by atoms with Gasteiger partial charge in [0.1, 0.15) is 5.82 Å². The Hall–Kier alpha value is -3.41. The van der Waals surface area contributed by atoms with Crippen molar-refractivity contribution in [1.82, 2.24) is 15.2 Å². The average molecular weight is 574 g/mol. The number of aliphatic hydroxyl groups is 2. The van der Waals surface area contributed by atoms with Crippen molar-refractivity contribution in [2.24, 2.45) is 5.41 Å². The van der Waals surface area contributed by atoms with Crippen molar-refractivity contribution in [3.05, 3.63) is 76.7 Å². The van der Waals surface area contributed by atoms with E-state index in [0.717, 1.165) is 12.1 Å². The van der Waals surface area contributed by atoms with Crippen LogP contribution in [0, 0.1) is 11.2 Å². The summed E-state index contributed by atoms with van der Waals surface area (Å²) in [4.78, 5) is 30.1. The molecule has 0 spiro atoms. The highest BCUT2D eigenvalue weighted by Gasteiger charge is 2.51. The molecule has 2 aromatic carbocycles. The van der Waals surface area contributed by atoms with Crippen LogP contribution in [0.5, 0.6) is 0 Å². The third-order valence-corrected chi connectivity index (χ3v) is 8.62. The van der Waals surface area contributed by atoms with E-state index in [9.17, 15) is 33.0 Å². The van der Waals surface area contributed by atoms with Crippen LogP contribution in [0.1, 0.15) is 67.3 Å². The van der Waals surface area contributed by atoms with E-state index in [-0.39, 0.29) is 55.8 Å². The molecule has 2 amide bonds. The van der Waals surface area contributed by atoms with Crippen LogP contribution in [-0.4, -0.2) is 51.6 Å². The van der Waals surface area contributed by atoms with Crippen LogP contribution >= 0.6 is 0 Å². The molecule has 7 nitrogen and oxygen atoms in total. The molecule has 0 bridgehead atoms. The van der Waals surface area contributed by atoms with Crippen LogP contribution in [0.25, 0.3) is 10.9 Å². The number of halogens is 4. The number of amides is 2. The maximum absolute atomic E-state index is 16.2. The molecular weight excluding hydrogens is 542 g/mol. The summed E-state index contributed by atoms with van der Waals surface area (Å²) in [6.45, 7) is 3.68. The molecule has 3 heterocycles. The summed E-state index contributed by atoms with van der Waals surface area (Å²) in [7, 11) is 0. The minimum atomic E-state index is -4.47. The predicted molar refractivity (Wildman–Crippen MR) is 142 cm³/mol. The summed E-state index contributed by atoms with van der Waals surface area (Å²) in [5.74, 6) is -2.12. The normalized spacial score (nSPS) is 24.3. The smallest absolute Gasteiger partial charge is 0.394 e. The molecule has 3 aromatic rings. The number of aromatic nitrogens is 1. The van der Waals surface area contributed by atoms with Gasteiger partial charge in [0.15, 0.2) is 0 Å². The van der Waals surface area contributed by atoms with Gasteiger partial charge in [0.25, 0.3) is 0 Å². The minimum absolute atomic E-state index is 0.0759. The third-order valence-electron chi connectivity index (χ3n) is 8.62. The molecule has 0 aliphatic carbocycles. The molecule has 3 N–H and O–H groups in total. The van der Waals surface area contributed by atoms with Gasteiger partial charge in [-0.25, -0.2) is 4.39 Å². The van der Waals surface area contributed by atoms with E-state index in [2.05, 4.69) is 10.3 Å². The molecule has 11 heteroatoms. The fourth-order valence-corrected chi connectivity index (χ4v) is 6.15. The van der Waals surface area contributed by atoms with Crippen LogP contribution in [0.15, 0.2) is 48.7 Å². The number of pyridine rings is 1. The second kappa shape index (κ2) is 10.5. The lowest BCUT2D eigenvalue weighted by Gasteiger charge is -2.52. The number of nitrogens with one attached hydrogen (secondary N) is 1. The van der Waals surface area contributed by atoms with Crippen molar-refractivity contribution in [2.75, 3.05) is 19.7 Å². The summed E-state index contributed by atoms with van der Waals surface area (Å²) >= 11 is 0. The summed E-state index contributed by atoms with van der Waals surface area (Å²) in [5, 5.41) is 24.6. The van der Waals surface area contributed by atoms with Gasteiger partial charge < -0.3 is 10.2 Å². The van der Waals surface area contributed by atoms with E-state index < -0.39 is 46.4 Å². The van der Waals surface area contributed by atoms with Gasteiger partial charge >= 0.3 is 6.18 Å². The molecule has 2 aliphatic rings. The Bertz CT molecular complexity index is 1490. The number of nitrogens with zero attached hydrogens (tertiary/aromatic N) is 2. The van der Waals surface area contributed by atoms with Crippen LogP contribution in [0.3, 0.4) is 0 Å². The molecule has 218 valence electrons. The Morgan fingerprint density at radius 1 is 1.15 bits per heavy atom. The first-order valence-electron chi connectivity index (χ1n) is 13.4. The molecule has 2 fully saturated rings. The van der Waals surface area contributed by atoms with Crippen LogP contribution in [-0.2, 0) is 21.4 Å². The van der Waals surface area contributed by atoms with Crippen molar-refractivity contribution in [2.45, 2.75) is 56.8 Å². The molecule has 0 saturated carbocycles. The van der Waals surface area contributed by atoms with Gasteiger partial charge in [-0.3, -0.25) is 24.8 Å². The van der Waals surface area contributed by atoms with Crippen molar-refractivity contribution in [3.63, 3.8) is 0 Å². The number of alkyl halides is 3. The van der Waals surface area contributed by atoms with E-state index in [1.54, 1.807) is 26.0 Å². The maximum Gasteiger partial charge on any atom is 0.416 e. The Morgan fingerprint density at radius 2 is 1.85 bits per heavy atom. The van der Waals surface area contributed by atoms with Gasteiger partial charge in [-0.15, -0.1) is 0 Å². The Morgan fingerprint density at radius 3 is 2.46 bits per heavy atom. The van der Waals surface area contributed by atoms with E-state index >= 15 is 4.39 Å². The zero-order valence-corrected chi connectivity index (χ0v) is 22.6. The highest BCUT2D eigenvalue weighted by atomic mass is 19.4. The number of hydrogen-bond acceptors (Lipinski definition) is 6. The number of carbonyl (C=O) groups excluding carboxylic acids is 2. The van der Waals surface area contributed by atoms with Gasteiger partial charge in [-0.05, 0) is 48.2 Å². The number of carbonyl (C=O) groups is 2. The Labute approximate surface area is 234 Å². The van der Waals surface area contributed by atoms with Crippen LogP contribution in [0.2, 0.25) is 0 Å². The van der Waals surface area contributed by atoms with E-state index in [4.69, 9.17) is 0 Å². The lowest BCUT2D eigenvalue weighted by molar-refractivity contribution is -0.138. The fraction of sp³-hybridized carbons (Fsp3) is 0.433. The van der Waals surface area contributed by atoms with Gasteiger partial charge in [0.2, 0.25) is 11.8 Å². The highest BCUT2D eigenvalue weighted by molar-refractivity contribution is 6.01. The first-order valence-corrected chi connectivity index (χ1v) is 13.4. The lowest BCUT2D eigenvalue weighted by atomic mass is 9.66. The van der Waals surface area contributed by atoms with Gasteiger partial charge in [-0.2, -0.15) is 13.2 Å². The zero-order chi connectivity index (χ0) is 29.7. The number of fused-ring (bicyclic) bond motifs is 1. The fourth-order valence-electron chi connectivity index (χ4n) is 6.15. The first-order chi connectivity index (χ1) is 19.2. The second-order valence-corrected chi connectivity index (χ2v) is 11.5. The molecule has 2 aliphatic heterocycles. The summed E-state index contributed by atoms with van der Waals surface area (Å²) in [6.07, 6.45) is -2.42. The number of imide groups is 1. The minimum Gasteiger partial charge on any atom is -0.394 e. The SMILES string of the molecule is CC1(C)CN(C(CO)c2ccc(C(F)(F)F)cc2)CCC1(O)c1ccc2ncc(C3CCC(=O)NC3=O)cc2c1F. The number of benzene rings is 2. The average Bonchev–Trinajstić information content (AvgIpc) is 2.91. The quantitative estimate of drug-likeness (QED) is 0.306. The predicted octanol–water partition coefficient (Wildman–Crippen LogP) is 4.57. The molecule has 1 aromatic heterocycles. The van der Waals surface area contributed by atoms with Gasteiger partial charge in [0, 0.05) is 42.1 Å². The van der Waals surface area contributed by atoms with Crippen LogP contribution < -0.4 is 5.32 Å². The number of hydrogen-bond donors (Lipinski definition) is 3. The van der Waals surface area contributed by atoms with Crippen molar-refractivity contribution in [3.8, 4) is 0 Å². The van der Waals surface area contributed by atoms with E-state index in [1.165, 1.54) is 24.4 Å². The standard InChI is InChI=1S/C30H31F4N3O4/c1-28(2)16-37(24(15-38)17-3-5-19(6-4-17)30(32,33)34)12-11-29(28,41)22-8-9-23-21(26(22)31)13-18(14-35-23)20-7-10-25(39)36-27(20)40/h3-6,8-9,13-14,20,24,38,41H,7,10-12,15-16H2,1-2H3,(H,36,39,40). The van der Waals surface area contributed by atoms with Crippen LogP contribution in [0.4, 0.5) is 17.6 Å². The highest BCUT2D eigenvalue weighted by Crippen LogP contribution is 2.49. The molecule has 0 radical (unpaired) electrons. The summed E-state index contributed by atoms with van der Waals surface area (Å²) in [6, 6.07) is 8.69. The van der Waals surface area contributed by atoms with Crippen molar-refractivity contribution >= 4 is 22.7 Å². The Balaban J connectivity index is 1.44. The van der Waals surface area contributed by atoms with Gasteiger partial charge in [0.05, 0.1) is 35.2 Å². The number of piperidine rings is 2. The lowest BCUT2D eigenvalue weighted by Crippen LogP contribution is -2.56. The second-order valence-electron chi connectivity index (χ2n) is 11.5. The largest absolute Gasteiger partial charge is 0.416 e. The number of aliphatic hydroxyl groups excluding tert-OH is 1. The molecule has 41 heavy (non-hydrogen) atoms. The monoisotopic (exact) mass is 573 g/mol. The molecule has 5 rings (SSSR count).